The highest BCUT2D eigenvalue weighted by Gasteiger charge is 2.04. The van der Waals surface area contributed by atoms with Crippen molar-refractivity contribution in [3.05, 3.63) is 95.8 Å². The Labute approximate surface area is 135 Å². The van der Waals surface area contributed by atoms with E-state index >= 15 is 0 Å². The van der Waals surface area contributed by atoms with Gasteiger partial charge in [-0.05, 0) is 48.0 Å². The summed E-state index contributed by atoms with van der Waals surface area (Å²) in [6, 6.07) is 22.6. The van der Waals surface area contributed by atoms with Crippen molar-refractivity contribution in [3.8, 4) is 0 Å². The molecule has 2 aromatic carbocycles. The highest BCUT2D eigenvalue weighted by atomic mass is 16.1. The molecule has 1 N–H and O–H groups in total. The van der Waals surface area contributed by atoms with Crippen molar-refractivity contribution in [2.24, 2.45) is 0 Å². The zero-order valence-electron chi connectivity index (χ0n) is 12.5. The predicted octanol–water partition coefficient (Wildman–Crippen LogP) is 4.50. The van der Waals surface area contributed by atoms with Crippen molar-refractivity contribution in [2.75, 3.05) is 5.32 Å². The van der Waals surface area contributed by atoms with Gasteiger partial charge in [-0.3, -0.25) is 9.78 Å². The Morgan fingerprint density at radius 3 is 2.48 bits per heavy atom. The number of hydrogen-bond donors (Lipinski definition) is 1. The molecule has 0 spiro atoms. The molecule has 0 radical (unpaired) electrons. The lowest BCUT2D eigenvalue weighted by Gasteiger charge is -2.06. The minimum atomic E-state index is -0.114. The van der Waals surface area contributed by atoms with Gasteiger partial charge in [0.1, 0.15) is 0 Å². The molecule has 23 heavy (non-hydrogen) atoms. The van der Waals surface area contributed by atoms with Crippen LogP contribution in [-0.2, 0) is 0 Å². The van der Waals surface area contributed by atoms with Crippen LogP contribution in [-0.4, -0.2) is 10.9 Å². The van der Waals surface area contributed by atoms with Crippen LogP contribution in [0.3, 0.4) is 0 Å². The molecule has 1 amide bonds. The third-order valence-electron chi connectivity index (χ3n) is 3.31. The molecule has 0 bridgehead atoms. The van der Waals surface area contributed by atoms with Gasteiger partial charge in [0.15, 0.2) is 0 Å². The van der Waals surface area contributed by atoms with Gasteiger partial charge < -0.3 is 5.32 Å². The zero-order valence-corrected chi connectivity index (χ0v) is 12.5. The number of rotatable bonds is 4. The highest BCUT2D eigenvalue weighted by Crippen LogP contribution is 2.14. The minimum Gasteiger partial charge on any atom is -0.322 e. The normalized spacial score (nSPS) is 10.6. The lowest BCUT2D eigenvalue weighted by molar-refractivity contribution is 0.102. The molecule has 0 unspecified atom stereocenters. The summed E-state index contributed by atoms with van der Waals surface area (Å²) in [5.41, 5.74) is 3.30. The number of carbonyl (C=O) groups excluding carboxylic acids is 1. The van der Waals surface area contributed by atoms with Crippen molar-refractivity contribution >= 4 is 23.7 Å². The van der Waals surface area contributed by atoms with Crippen LogP contribution in [0.2, 0.25) is 0 Å². The molecule has 0 saturated heterocycles. The largest absolute Gasteiger partial charge is 0.322 e. The summed E-state index contributed by atoms with van der Waals surface area (Å²) in [7, 11) is 0. The number of amides is 1. The number of carbonyl (C=O) groups is 1. The smallest absolute Gasteiger partial charge is 0.255 e. The second-order valence-electron chi connectivity index (χ2n) is 5.03. The summed E-state index contributed by atoms with van der Waals surface area (Å²) in [5.74, 6) is -0.114. The molecule has 3 nitrogen and oxygen atoms in total. The maximum atomic E-state index is 12.2. The van der Waals surface area contributed by atoms with Gasteiger partial charge in [-0.15, -0.1) is 0 Å². The molecule has 0 aliphatic heterocycles. The fourth-order valence-corrected chi connectivity index (χ4v) is 2.17. The second-order valence-corrected chi connectivity index (χ2v) is 5.03. The van der Waals surface area contributed by atoms with E-state index in [0.29, 0.717) is 5.56 Å². The molecular weight excluding hydrogens is 284 g/mol. The topological polar surface area (TPSA) is 42.0 Å². The fourth-order valence-electron chi connectivity index (χ4n) is 2.17. The van der Waals surface area contributed by atoms with E-state index in [9.17, 15) is 4.79 Å². The van der Waals surface area contributed by atoms with Crippen LogP contribution in [0, 0.1) is 0 Å². The van der Waals surface area contributed by atoms with E-state index in [4.69, 9.17) is 0 Å². The monoisotopic (exact) mass is 300 g/mol. The van der Waals surface area contributed by atoms with Crippen LogP contribution in [0.4, 0.5) is 5.69 Å². The number of aromatic nitrogens is 1. The van der Waals surface area contributed by atoms with Gasteiger partial charge in [-0.1, -0.05) is 42.5 Å². The van der Waals surface area contributed by atoms with Crippen LogP contribution in [0.15, 0.2) is 79.0 Å². The van der Waals surface area contributed by atoms with Crippen molar-refractivity contribution in [1.82, 2.24) is 4.98 Å². The third-order valence-corrected chi connectivity index (χ3v) is 3.31. The van der Waals surface area contributed by atoms with E-state index in [1.165, 1.54) is 0 Å². The van der Waals surface area contributed by atoms with Crippen LogP contribution in [0.1, 0.15) is 21.6 Å². The molecule has 3 rings (SSSR count). The number of pyridine rings is 1. The van der Waals surface area contributed by atoms with Crippen LogP contribution < -0.4 is 5.32 Å². The molecule has 0 aliphatic rings. The first kappa shape index (κ1) is 14.7. The molecule has 3 aromatic rings. The lowest BCUT2D eigenvalue weighted by atomic mass is 10.1. The zero-order chi connectivity index (χ0) is 15.9. The number of anilines is 1. The molecule has 1 aromatic heterocycles. The summed E-state index contributed by atoms with van der Waals surface area (Å²) in [6.07, 6.45) is 5.68. The molecule has 112 valence electrons. The van der Waals surface area contributed by atoms with E-state index in [-0.39, 0.29) is 5.91 Å². The Morgan fingerprint density at radius 1 is 0.870 bits per heavy atom. The maximum absolute atomic E-state index is 12.2. The molecule has 0 atom stereocenters. The molecule has 0 saturated carbocycles. The summed E-state index contributed by atoms with van der Waals surface area (Å²) in [5, 5.41) is 2.91. The number of benzene rings is 2. The Balaban J connectivity index is 1.73. The van der Waals surface area contributed by atoms with Crippen molar-refractivity contribution in [1.29, 1.82) is 0 Å². The quantitative estimate of drug-likeness (QED) is 0.770. The molecule has 0 fully saturated rings. The number of nitrogens with one attached hydrogen (secondary N) is 1. The van der Waals surface area contributed by atoms with Gasteiger partial charge in [-0.25, -0.2) is 0 Å². The van der Waals surface area contributed by atoms with Gasteiger partial charge >= 0.3 is 0 Å². The van der Waals surface area contributed by atoms with Crippen LogP contribution in [0.25, 0.3) is 12.2 Å². The van der Waals surface area contributed by atoms with E-state index in [2.05, 4.69) is 10.3 Å². The minimum absolute atomic E-state index is 0.114. The number of hydrogen-bond acceptors (Lipinski definition) is 2. The second kappa shape index (κ2) is 7.18. The summed E-state index contributed by atoms with van der Waals surface area (Å²) < 4.78 is 0. The lowest BCUT2D eigenvalue weighted by Crippen LogP contribution is -2.11. The summed E-state index contributed by atoms with van der Waals surface area (Å²) in [6.45, 7) is 0. The fraction of sp³-hybridized carbons (Fsp3) is 0. The molecule has 1 heterocycles. The first-order chi connectivity index (χ1) is 11.3. The average molecular weight is 300 g/mol. The van der Waals surface area contributed by atoms with Gasteiger partial charge in [0.25, 0.3) is 5.91 Å². The van der Waals surface area contributed by atoms with E-state index in [0.717, 1.165) is 16.9 Å². The Hall–Kier alpha value is -3.20. The average Bonchev–Trinajstić information content (AvgIpc) is 2.62. The Morgan fingerprint density at radius 2 is 1.70 bits per heavy atom. The van der Waals surface area contributed by atoms with Crippen LogP contribution in [0.5, 0.6) is 0 Å². The van der Waals surface area contributed by atoms with Gasteiger partial charge in [-0.2, -0.15) is 0 Å². The van der Waals surface area contributed by atoms with Gasteiger partial charge in [0.2, 0.25) is 0 Å². The van der Waals surface area contributed by atoms with Crippen LogP contribution >= 0.6 is 0 Å². The Kier molecular flexibility index (Phi) is 4.60. The first-order valence-electron chi connectivity index (χ1n) is 7.37. The third kappa shape index (κ3) is 4.14. The summed E-state index contributed by atoms with van der Waals surface area (Å²) >= 11 is 0. The molecule has 0 aliphatic carbocycles. The van der Waals surface area contributed by atoms with Crippen molar-refractivity contribution in [2.45, 2.75) is 0 Å². The van der Waals surface area contributed by atoms with Gasteiger partial charge in [0, 0.05) is 17.4 Å². The van der Waals surface area contributed by atoms with E-state index < -0.39 is 0 Å². The van der Waals surface area contributed by atoms with Crippen molar-refractivity contribution < 1.29 is 4.79 Å². The highest BCUT2D eigenvalue weighted by molar-refractivity contribution is 6.04. The van der Waals surface area contributed by atoms with Gasteiger partial charge in [0.05, 0.1) is 5.69 Å². The summed E-state index contributed by atoms with van der Waals surface area (Å²) in [4.78, 5) is 16.4. The van der Waals surface area contributed by atoms with E-state index in [1.54, 1.807) is 18.3 Å². The van der Waals surface area contributed by atoms with Crippen molar-refractivity contribution in [3.63, 3.8) is 0 Å². The predicted molar refractivity (Wildman–Crippen MR) is 94.0 cm³/mol. The number of nitrogens with zero attached hydrogens (tertiary/aromatic N) is 1. The van der Waals surface area contributed by atoms with E-state index in [1.807, 2.05) is 72.8 Å². The Bertz CT molecular complexity index is 811. The SMILES string of the molecule is O=C(Nc1cccc(C=Cc2ccccn2)c1)c1ccccc1. The first-order valence-corrected chi connectivity index (χ1v) is 7.37. The molecule has 3 heteroatoms. The maximum Gasteiger partial charge on any atom is 0.255 e. The molecular formula is C20H16N2O. The standard InChI is InChI=1S/C20H16N2O/c23-20(17-8-2-1-3-9-17)22-19-11-6-7-16(15-19)12-13-18-10-4-5-14-21-18/h1-15H,(H,22,23).